The molecule has 0 spiro atoms. The highest BCUT2D eigenvalue weighted by Gasteiger charge is 2.29. The number of likely N-dealkylation sites (N-methyl/N-ethyl adjacent to an activating group) is 1. The molecule has 144 valence electrons. The number of rotatable bonds is 6. The zero-order valence-electron chi connectivity index (χ0n) is 15.7. The van der Waals surface area contributed by atoms with E-state index in [9.17, 15) is 9.59 Å². The molecular weight excluding hydrogens is 322 g/mol. The van der Waals surface area contributed by atoms with Gasteiger partial charge in [0.15, 0.2) is 0 Å². The summed E-state index contributed by atoms with van der Waals surface area (Å²) in [6.07, 6.45) is 4.78. The van der Waals surface area contributed by atoms with Crippen LogP contribution in [0.15, 0.2) is 0 Å². The molecular formula is C18H33N3O4. The van der Waals surface area contributed by atoms with Crippen LogP contribution in [0, 0.1) is 11.8 Å². The Morgan fingerprint density at radius 1 is 1.40 bits per heavy atom. The van der Waals surface area contributed by atoms with Crippen LogP contribution in [0.5, 0.6) is 0 Å². The number of hydrogen-bond acceptors (Lipinski definition) is 4. The average molecular weight is 355 g/mol. The van der Waals surface area contributed by atoms with Crippen LogP contribution < -0.4 is 5.32 Å². The number of hydrogen-bond donors (Lipinski definition) is 2. The third kappa shape index (κ3) is 6.47. The minimum absolute atomic E-state index is 0.0248. The second-order valence-electron chi connectivity index (χ2n) is 7.80. The fourth-order valence-electron chi connectivity index (χ4n) is 4.00. The van der Waals surface area contributed by atoms with Crippen molar-refractivity contribution < 1.29 is 19.4 Å². The Hall–Kier alpha value is -1.34. The number of morpholine rings is 1. The first kappa shape index (κ1) is 20.0. The maximum Gasteiger partial charge on any atom is 0.317 e. The summed E-state index contributed by atoms with van der Waals surface area (Å²) in [7, 11) is 1.75. The summed E-state index contributed by atoms with van der Waals surface area (Å²) in [5.74, 6) is 0.449. The normalized spacial score (nSPS) is 28.6. The number of carboxylic acids is 1. The first-order chi connectivity index (χ1) is 11.8. The monoisotopic (exact) mass is 355 g/mol. The summed E-state index contributed by atoms with van der Waals surface area (Å²) < 4.78 is 5.69. The lowest BCUT2D eigenvalue weighted by atomic mass is 9.79. The highest BCUT2D eigenvalue weighted by Crippen LogP contribution is 2.30. The topological polar surface area (TPSA) is 82.1 Å². The maximum absolute atomic E-state index is 12.6. The van der Waals surface area contributed by atoms with Crippen molar-refractivity contribution in [2.45, 2.75) is 51.7 Å². The van der Waals surface area contributed by atoms with Crippen molar-refractivity contribution in [3.05, 3.63) is 0 Å². The first-order valence-corrected chi connectivity index (χ1v) is 9.42. The van der Waals surface area contributed by atoms with Gasteiger partial charge in [0.05, 0.1) is 19.3 Å². The zero-order chi connectivity index (χ0) is 18.4. The van der Waals surface area contributed by atoms with Gasteiger partial charge in [-0.05, 0) is 38.6 Å². The molecule has 7 heteroatoms. The van der Waals surface area contributed by atoms with Crippen LogP contribution >= 0.6 is 0 Å². The molecule has 0 radical (unpaired) electrons. The van der Waals surface area contributed by atoms with Gasteiger partial charge in [0.1, 0.15) is 0 Å². The molecule has 2 fully saturated rings. The van der Waals surface area contributed by atoms with Gasteiger partial charge in [-0.2, -0.15) is 0 Å². The predicted octanol–water partition coefficient (Wildman–Crippen LogP) is 1.63. The van der Waals surface area contributed by atoms with E-state index in [2.05, 4.69) is 19.2 Å². The lowest BCUT2D eigenvalue weighted by molar-refractivity contribution is -0.138. The minimum atomic E-state index is -0.858. The van der Waals surface area contributed by atoms with Crippen molar-refractivity contribution in [1.29, 1.82) is 0 Å². The Morgan fingerprint density at radius 2 is 2.16 bits per heavy atom. The minimum Gasteiger partial charge on any atom is -0.480 e. The quantitative estimate of drug-likeness (QED) is 0.757. The number of carboxylic acid groups (broad SMARTS) is 1. The zero-order valence-corrected chi connectivity index (χ0v) is 15.7. The molecule has 2 rings (SSSR count). The summed E-state index contributed by atoms with van der Waals surface area (Å²) in [5.41, 5.74) is 0. The van der Waals surface area contributed by atoms with E-state index in [4.69, 9.17) is 9.84 Å². The summed E-state index contributed by atoms with van der Waals surface area (Å²) in [6, 6.07) is 0.158. The van der Waals surface area contributed by atoms with Crippen LogP contribution in [0.1, 0.15) is 39.5 Å². The van der Waals surface area contributed by atoms with Crippen molar-refractivity contribution in [3.8, 4) is 0 Å². The summed E-state index contributed by atoms with van der Waals surface area (Å²) >= 11 is 0. The standard InChI is InChI=1S/C18H33N3O4/c1-13-5-4-6-15(9-13)14(2)19-18(24)21-7-8-25-16(11-21)10-20(3)12-17(22)23/h13-16H,4-12H2,1-3H3,(H,19,24)(H,22,23)/t13?,14-,15?,16?/m0/s1. The number of ether oxygens (including phenoxy) is 1. The van der Waals surface area contributed by atoms with Crippen LogP contribution in [-0.4, -0.2) is 78.9 Å². The molecule has 2 N–H and O–H groups in total. The molecule has 0 bridgehead atoms. The van der Waals surface area contributed by atoms with Crippen LogP contribution in [-0.2, 0) is 9.53 Å². The van der Waals surface area contributed by atoms with Gasteiger partial charge in [0.2, 0.25) is 0 Å². The molecule has 1 saturated heterocycles. The Bertz CT molecular complexity index is 460. The molecule has 25 heavy (non-hydrogen) atoms. The van der Waals surface area contributed by atoms with E-state index in [0.29, 0.717) is 32.2 Å². The maximum atomic E-state index is 12.6. The second-order valence-corrected chi connectivity index (χ2v) is 7.80. The summed E-state index contributed by atoms with van der Waals surface area (Å²) in [4.78, 5) is 26.9. The molecule has 2 aliphatic rings. The Balaban J connectivity index is 1.79. The molecule has 1 aliphatic carbocycles. The molecule has 1 heterocycles. The lowest BCUT2D eigenvalue weighted by Gasteiger charge is -2.37. The number of nitrogens with zero attached hydrogens (tertiary/aromatic N) is 2. The number of amides is 2. The van der Waals surface area contributed by atoms with Crippen molar-refractivity contribution in [3.63, 3.8) is 0 Å². The van der Waals surface area contributed by atoms with E-state index in [-0.39, 0.29) is 24.7 Å². The molecule has 2 amide bonds. The van der Waals surface area contributed by atoms with E-state index in [0.717, 1.165) is 5.92 Å². The lowest BCUT2D eigenvalue weighted by Crippen LogP contribution is -2.54. The van der Waals surface area contributed by atoms with E-state index in [1.54, 1.807) is 16.8 Å². The predicted molar refractivity (Wildman–Crippen MR) is 95.6 cm³/mol. The highest BCUT2D eigenvalue weighted by atomic mass is 16.5. The van der Waals surface area contributed by atoms with Crippen molar-refractivity contribution in [2.24, 2.45) is 11.8 Å². The largest absolute Gasteiger partial charge is 0.480 e. The van der Waals surface area contributed by atoms with Gasteiger partial charge in [-0.25, -0.2) is 4.79 Å². The second kappa shape index (κ2) is 9.38. The van der Waals surface area contributed by atoms with Gasteiger partial charge in [-0.15, -0.1) is 0 Å². The Morgan fingerprint density at radius 3 is 2.84 bits per heavy atom. The van der Waals surface area contributed by atoms with E-state index < -0.39 is 5.97 Å². The summed E-state index contributed by atoms with van der Waals surface area (Å²) in [5, 5.41) is 12.0. The van der Waals surface area contributed by atoms with Gasteiger partial charge in [0.25, 0.3) is 0 Å². The van der Waals surface area contributed by atoms with E-state index >= 15 is 0 Å². The molecule has 1 aliphatic heterocycles. The highest BCUT2D eigenvalue weighted by molar-refractivity contribution is 5.74. The van der Waals surface area contributed by atoms with Crippen molar-refractivity contribution in [1.82, 2.24) is 15.1 Å². The molecule has 1 saturated carbocycles. The fraction of sp³-hybridized carbons (Fsp3) is 0.889. The van der Waals surface area contributed by atoms with Gasteiger partial charge in [-0.1, -0.05) is 19.8 Å². The molecule has 0 aromatic rings. The summed E-state index contributed by atoms with van der Waals surface area (Å²) in [6.45, 7) is 6.46. The third-order valence-electron chi connectivity index (χ3n) is 5.38. The van der Waals surface area contributed by atoms with E-state index in [1.165, 1.54) is 25.7 Å². The molecule has 4 atom stereocenters. The average Bonchev–Trinajstić information content (AvgIpc) is 2.54. The van der Waals surface area contributed by atoms with Crippen LogP contribution in [0.25, 0.3) is 0 Å². The van der Waals surface area contributed by atoms with Gasteiger partial charge < -0.3 is 20.1 Å². The van der Waals surface area contributed by atoms with Crippen molar-refractivity contribution >= 4 is 12.0 Å². The molecule has 0 aromatic carbocycles. The smallest absolute Gasteiger partial charge is 0.317 e. The number of nitrogens with one attached hydrogen (secondary N) is 1. The van der Waals surface area contributed by atoms with Gasteiger partial charge >= 0.3 is 12.0 Å². The molecule has 7 nitrogen and oxygen atoms in total. The van der Waals surface area contributed by atoms with Crippen LogP contribution in [0.4, 0.5) is 4.79 Å². The molecule has 0 aromatic heterocycles. The Labute approximate surface area is 150 Å². The van der Waals surface area contributed by atoms with Gasteiger partial charge in [0, 0.05) is 25.7 Å². The fourth-order valence-corrected chi connectivity index (χ4v) is 4.00. The Kier molecular flexibility index (Phi) is 7.50. The third-order valence-corrected chi connectivity index (χ3v) is 5.38. The van der Waals surface area contributed by atoms with Crippen LogP contribution in [0.3, 0.4) is 0 Å². The number of carbonyl (C=O) groups excluding carboxylic acids is 1. The number of carbonyl (C=O) groups is 2. The van der Waals surface area contributed by atoms with Crippen molar-refractivity contribution in [2.75, 3.05) is 39.8 Å². The van der Waals surface area contributed by atoms with Gasteiger partial charge in [-0.3, -0.25) is 9.69 Å². The van der Waals surface area contributed by atoms with Crippen LogP contribution in [0.2, 0.25) is 0 Å². The van der Waals surface area contributed by atoms with E-state index in [1.807, 2.05) is 0 Å². The number of aliphatic carboxylic acids is 1. The SMILES string of the molecule is CC1CCCC([C@H](C)NC(=O)N2CCOC(CN(C)CC(=O)O)C2)C1. The molecule has 3 unspecified atom stereocenters. The number of urea groups is 1. The first-order valence-electron chi connectivity index (χ1n) is 9.42.